The summed E-state index contributed by atoms with van der Waals surface area (Å²) in [4.78, 5) is 0.252. The number of hydrogen-bond acceptors (Lipinski definition) is 5. The molecule has 118 valence electrons. The van der Waals surface area contributed by atoms with Crippen molar-refractivity contribution in [2.24, 2.45) is 0 Å². The third-order valence-electron chi connectivity index (χ3n) is 3.78. The first-order chi connectivity index (χ1) is 10.0. The highest BCUT2D eigenvalue weighted by Gasteiger charge is 2.33. The second-order valence-electron chi connectivity index (χ2n) is 5.11. The molecule has 2 rings (SSSR count). The number of ether oxygens (including phenoxy) is 1. The minimum Gasteiger partial charge on any atom is -0.395 e. The lowest BCUT2D eigenvalue weighted by Crippen LogP contribution is -2.50. The molecule has 2 N–H and O–H groups in total. The van der Waals surface area contributed by atoms with Crippen LogP contribution in [0.5, 0.6) is 0 Å². The Hall–Kier alpha value is -0.990. The van der Waals surface area contributed by atoms with Gasteiger partial charge in [0.2, 0.25) is 10.0 Å². The molecular formula is C14H22N2O4S. The maximum atomic E-state index is 12.8. The average molecular weight is 314 g/mol. The topological polar surface area (TPSA) is 78.9 Å². The fourth-order valence-electron chi connectivity index (χ4n) is 2.35. The summed E-state index contributed by atoms with van der Waals surface area (Å²) in [6.45, 7) is 2.56. The number of sulfonamides is 1. The molecule has 2 atom stereocenters. The van der Waals surface area contributed by atoms with Crippen molar-refractivity contribution in [3.8, 4) is 0 Å². The molecule has 0 saturated carbocycles. The molecule has 2 unspecified atom stereocenters. The summed E-state index contributed by atoms with van der Waals surface area (Å²) in [6, 6.07) is 6.45. The van der Waals surface area contributed by atoms with E-state index in [1.165, 1.54) is 4.31 Å². The molecule has 21 heavy (non-hydrogen) atoms. The molecule has 7 heteroatoms. The Kier molecular flexibility index (Phi) is 5.34. The summed E-state index contributed by atoms with van der Waals surface area (Å²) in [5, 5.41) is 12.4. The van der Waals surface area contributed by atoms with Gasteiger partial charge in [-0.2, -0.15) is 4.31 Å². The van der Waals surface area contributed by atoms with E-state index >= 15 is 0 Å². The lowest BCUT2D eigenvalue weighted by atomic mass is 10.1. The van der Waals surface area contributed by atoms with E-state index in [1.54, 1.807) is 18.2 Å². The van der Waals surface area contributed by atoms with Crippen LogP contribution in [0.25, 0.3) is 0 Å². The number of rotatable bonds is 5. The van der Waals surface area contributed by atoms with Gasteiger partial charge in [0, 0.05) is 12.6 Å². The lowest BCUT2D eigenvalue weighted by molar-refractivity contribution is 0.0109. The van der Waals surface area contributed by atoms with Crippen molar-refractivity contribution in [1.29, 1.82) is 0 Å². The van der Waals surface area contributed by atoms with Gasteiger partial charge in [-0.25, -0.2) is 8.42 Å². The molecule has 1 aliphatic rings. The predicted octanol–water partition coefficient (Wildman–Crippen LogP) is 0.349. The van der Waals surface area contributed by atoms with E-state index in [9.17, 15) is 13.5 Å². The van der Waals surface area contributed by atoms with Crippen molar-refractivity contribution < 1.29 is 18.3 Å². The van der Waals surface area contributed by atoms with Crippen molar-refractivity contribution in [1.82, 2.24) is 9.62 Å². The first-order valence-corrected chi connectivity index (χ1v) is 8.42. The molecule has 6 nitrogen and oxygen atoms in total. The molecule has 0 aromatic heterocycles. The highest BCUT2D eigenvalue weighted by atomic mass is 32.2. The smallest absolute Gasteiger partial charge is 0.243 e. The van der Waals surface area contributed by atoms with Crippen molar-refractivity contribution >= 4 is 10.0 Å². The number of morpholine rings is 1. The van der Waals surface area contributed by atoms with Gasteiger partial charge in [0.05, 0.1) is 30.8 Å². The third kappa shape index (κ3) is 3.44. The maximum absolute atomic E-state index is 12.8. The fraction of sp³-hybridized carbons (Fsp3) is 0.571. The Morgan fingerprint density at radius 3 is 2.95 bits per heavy atom. The summed E-state index contributed by atoms with van der Waals surface area (Å²) >= 11 is 0. The molecule has 1 saturated heterocycles. The van der Waals surface area contributed by atoms with Gasteiger partial charge in [-0.05, 0) is 31.7 Å². The van der Waals surface area contributed by atoms with Crippen LogP contribution in [-0.4, -0.2) is 57.3 Å². The molecule has 1 aromatic carbocycles. The van der Waals surface area contributed by atoms with Gasteiger partial charge in [0.25, 0.3) is 0 Å². The molecule has 1 fully saturated rings. The van der Waals surface area contributed by atoms with Crippen LogP contribution in [0.1, 0.15) is 18.5 Å². The van der Waals surface area contributed by atoms with Gasteiger partial charge in [0.1, 0.15) is 0 Å². The van der Waals surface area contributed by atoms with Crippen LogP contribution in [0.4, 0.5) is 0 Å². The molecule has 1 heterocycles. The second kappa shape index (κ2) is 6.85. The molecular weight excluding hydrogens is 292 g/mol. The van der Waals surface area contributed by atoms with Crippen molar-refractivity contribution in [2.45, 2.75) is 23.9 Å². The van der Waals surface area contributed by atoms with Gasteiger partial charge in [0.15, 0.2) is 0 Å². The molecule has 1 aromatic rings. The van der Waals surface area contributed by atoms with E-state index in [0.29, 0.717) is 6.61 Å². The summed E-state index contributed by atoms with van der Waals surface area (Å²) in [5.41, 5.74) is 0.910. The van der Waals surface area contributed by atoms with Crippen LogP contribution < -0.4 is 5.32 Å². The number of benzene rings is 1. The number of hydrogen-bond donors (Lipinski definition) is 2. The lowest BCUT2D eigenvalue weighted by Gasteiger charge is -2.33. The van der Waals surface area contributed by atoms with Crippen LogP contribution in [0.15, 0.2) is 29.2 Å². The Morgan fingerprint density at radius 1 is 1.52 bits per heavy atom. The van der Waals surface area contributed by atoms with E-state index in [2.05, 4.69) is 5.32 Å². The highest BCUT2D eigenvalue weighted by molar-refractivity contribution is 7.89. The highest BCUT2D eigenvalue weighted by Crippen LogP contribution is 2.23. The molecule has 0 bridgehead atoms. The van der Waals surface area contributed by atoms with E-state index in [4.69, 9.17) is 4.74 Å². The second-order valence-corrected chi connectivity index (χ2v) is 7.00. The molecule has 0 spiro atoms. The zero-order valence-corrected chi connectivity index (χ0v) is 13.1. The summed E-state index contributed by atoms with van der Waals surface area (Å²) in [7, 11) is -1.79. The minimum absolute atomic E-state index is 0.0680. The Morgan fingerprint density at radius 2 is 2.29 bits per heavy atom. The Bertz CT molecular complexity index is 576. The summed E-state index contributed by atoms with van der Waals surface area (Å²) in [6.07, 6.45) is 0. The largest absolute Gasteiger partial charge is 0.395 e. The number of nitrogens with zero attached hydrogens (tertiary/aromatic N) is 1. The third-order valence-corrected chi connectivity index (χ3v) is 5.73. The summed E-state index contributed by atoms with van der Waals surface area (Å²) < 4.78 is 32.1. The van der Waals surface area contributed by atoms with E-state index in [0.717, 1.165) is 5.56 Å². The predicted molar refractivity (Wildman–Crippen MR) is 79.5 cm³/mol. The van der Waals surface area contributed by atoms with Crippen molar-refractivity contribution in [3.05, 3.63) is 29.8 Å². The molecule has 0 amide bonds. The quantitative estimate of drug-likeness (QED) is 0.820. The van der Waals surface area contributed by atoms with Gasteiger partial charge in [-0.15, -0.1) is 0 Å². The monoisotopic (exact) mass is 314 g/mol. The minimum atomic E-state index is -3.62. The van der Waals surface area contributed by atoms with Crippen LogP contribution in [0, 0.1) is 0 Å². The van der Waals surface area contributed by atoms with E-state index in [-0.39, 0.29) is 30.7 Å². The Balaban J connectivity index is 2.34. The van der Waals surface area contributed by atoms with Crippen molar-refractivity contribution in [2.75, 3.05) is 33.4 Å². The number of aliphatic hydroxyl groups excluding tert-OH is 1. The maximum Gasteiger partial charge on any atom is 0.243 e. The van der Waals surface area contributed by atoms with Gasteiger partial charge >= 0.3 is 0 Å². The van der Waals surface area contributed by atoms with Crippen LogP contribution in [0.3, 0.4) is 0 Å². The number of nitrogens with one attached hydrogen (secondary N) is 1. The molecule has 0 aliphatic carbocycles. The SMILES string of the molecule is CNC(C)c1cccc(S(=O)(=O)N2CCOCC2CO)c1. The molecule has 0 radical (unpaired) electrons. The normalized spacial score (nSPS) is 22.1. The van der Waals surface area contributed by atoms with Crippen molar-refractivity contribution in [3.63, 3.8) is 0 Å². The first kappa shape index (κ1) is 16.4. The molecule has 1 aliphatic heterocycles. The Labute approximate surface area is 125 Å². The van der Waals surface area contributed by atoms with E-state index in [1.807, 2.05) is 20.0 Å². The van der Waals surface area contributed by atoms with E-state index < -0.39 is 16.1 Å². The van der Waals surface area contributed by atoms with Crippen LogP contribution >= 0.6 is 0 Å². The number of aliphatic hydroxyl groups is 1. The van der Waals surface area contributed by atoms with Crippen LogP contribution in [-0.2, 0) is 14.8 Å². The first-order valence-electron chi connectivity index (χ1n) is 6.98. The van der Waals surface area contributed by atoms with Gasteiger partial charge in [-0.1, -0.05) is 12.1 Å². The zero-order chi connectivity index (χ0) is 15.5. The standard InChI is InChI=1S/C14H22N2O4S/c1-11(15-2)12-4-3-5-14(8-12)21(18,19)16-6-7-20-10-13(16)9-17/h3-5,8,11,13,15,17H,6-7,9-10H2,1-2H3. The average Bonchev–Trinajstić information content (AvgIpc) is 2.54. The van der Waals surface area contributed by atoms with Gasteiger partial charge < -0.3 is 15.2 Å². The fourth-order valence-corrected chi connectivity index (χ4v) is 3.99. The zero-order valence-electron chi connectivity index (χ0n) is 12.3. The summed E-state index contributed by atoms with van der Waals surface area (Å²) in [5.74, 6) is 0. The van der Waals surface area contributed by atoms with Crippen LogP contribution in [0.2, 0.25) is 0 Å². The van der Waals surface area contributed by atoms with Gasteiger partial charge in [-0.3, -0.25) is 0 Å².